The average Bonchev–Trinajstić information content (AvgIpc) is 2.17. The molecule has 0 aliphatic rings. The molecule has 0 atom stereocenters. The van der Waals surface area contributed by atoms with E-state index in [9.17, 15) is 12.8 Å². The summed E-state index contributed by atoms with van der Waals surface area (Å²) in [6, 6.07) is 4.71. The molecule has 1 aromatic rings. The first kappa shape index (κ1) is 10.9. The topological polar surface area (TPSA) is 70.0 Å². The van der Waals surface area contributed by atoms with Crippen LogP contribution in [0, 0.1) is 17.1 Å². The van der Waals surface area contributed by atoms with E-state index >= 15 is 0 Å². The van der Waals surface area contributed by atoms with E-state index in [4.69, 9.17) is 17.0 Å². The number of nitrogens with one attached hydrogen (secondary N) is 1. The molecular weight excluding hydrogens is 231 g/mol. The van der Waals surface area contributed by atoms with Gasteiger partial charge in [0.05, 0.1) is 0 Å². The number of hydrogen-bond acceptors (Lipinski definition) is 3. The van der Waals surface area contributed by atoms with Gasteiger partial charge in [-0.1, -0.05) is 6.07 Å². The lowest BCUT2D eigenvalue weighted by Crippen LogP contribution is -2.15. The number of benzene rings is 1. The molecule has 1 rings (SSSR count). The molecule has 74 valence electrons. The number of sulfonamides is 1. The largest absolute Gasteiger partial charge is 0.255 e. The normalized spacial score (nSPS) is 10.9. The smallest absolute Gasteiger partial charge is 0.206 e. The van der Waals surface area contributed by atoms with Gasteiger partial charge in [-0.2, -0.15) is 5.26 Å². The second-order valence-electron chi connectivity index (χ2n) is 2.31. The fourth-order valence-electron chi connectivity index (χ4n) is 0.878. The SMILES string of the molecule is N#Cc1c(F)cccc1S(=O)(=O)NCl. The van der Waals surface area contributed by atoms with Crippen LogP contribution in [0.1, 0.15) is 5.56 Å². The zero-order chi connectivity index (χ0) is 10.8. The van der Waals surface area contributed by atoms with Gasteiger partial charge in [0, 0.05) is 0 Å². The van der Waals surface area contributed by atoms with Gasteiger partial charge < -0.3 is 0 Å². The lowest BCUT2D eigenvalue weighted by molar-refractivity contribution is 0.587. The van der Waals surface area contributed by atoms with Crippen LogP contribution < -0.4 is 4.24 Å². The van der Waals surface area contributed by atoms with Gasteiger partial charge in [0.1, 0.15) is 22.3 Å². The van der Waals surface area contributed by atoms with Crippen molar-refractivity contribution in [3.63, 3.8) is 0 Å². The molecule has 0 aliphatic carbocycles. The molecule has 1 aromatic carbocycles. The maximum absolute atomic E-state index is 13.0. The molecule has 1 N–H and O–H groups in total. The van der Waals surface area contributed by atoms with Gasteiger partial charge in [0.2, 0.25) is 0 Å². The van der Waals surface area contributed by atoms with Crippen LogP contribution in [0.2, 0.25) is 0 Å². The van der Waals surface area contributed by atoms with Gasteiger partial charge >= 0.3 is 0 Å². The van der Waals surface area contributed by atoms with Crippen molar-refractivity contribution in [2.45, 2.75) is 4.90 Å². The first-order valence-electron chi connectivity index (χ1n) is 3.34. The Hall–Kier alpha value is -1.16. The van der Waals surface area contributed by atoms with E-state index in [1.54, 1.807) is 0 Å². The molecular formula is C7H4ClFN2O2S. The Kier molecular flexibility index (Phi) is 3.06. The molecule has 0 spiro atoms. The summed E-state index contributed by atoms with van der Waals surface area (Å²) < 4.78 is 36.8. The standard InChI is InChI=1S/C7H4ClFN2O2S/c8-11-14(12,13)7-3-1-2-6(9)5(7)4-10/h1-3,11H. The summed E-state index contributed by atoms with van der Waals surface area (Å²) in [5, 5.41) is 8.53. The second kappa shape index (κ2) is 3.92. The molecule has 0 fully saturated rings. The highest BCUT2D eigenvalue weighted by Crippen LogP contribution is 2.17. The zero-order valence-electron chi connectivity index (χ0n) is 6.66. The summed E-state index contributed by atoms with van der Waals surface area (Å²) in [5.41, 5.74) is -0.555. The highest BCUT2D eigenvalue weighted by Gasteiger charge is 2.19. The van der Waals surface area contributed by atoms with Crippen LogP contribution in [0.5, 0.6) is 0 Å². The quantitative estimate of drug-likeness (QED) is 0.780. The van der Waals surface area contributed by atoms with Gasteiger partial charge in [-0.05, 0) is 23.9 Å². The lowest BCUT2D eigenvalue weighted by atomic mass is 10.2. The third kappa shape index (κ3) is 1.85. The van der Waals surface area contributed by atoms with Crippen molar-refractivity contribution in [1.29, 1.82) is 5.26 Å². The maximum atomic E-state index is 13.0. The van der Waals surface area contributed by atoms with Gasteiger partial charge in [-0.25, -0.2) is 12.8 Å². The Labute approximate surface area is 85.1 Å². The highest BCUT2D eigenvalue weighted by molar-refractivity contribution is 7.90. The van der Waals surface area contributed by atoms with Gasteiger partial charge in [-0.3, -0.25) is 0 Å². The number of rotatable bonds is 2. The van der Waals surface area contributed by atoms with Crippen LogP contribution in [-0.4, -0.2) is 8.42 Å². The number of halogens is 2. The Balaban J connectivity index is 3.53. The van der Waals surface area contributed by atoms with E-state index in [1.165, 1.54) is 16.4 Å². The second-order valence-corrected chi connectivity index (χ2v) is 4.37. The van der Waals surface area contributed by atoms with Gasteiger partial charge in [0.25, 0.3) is 10.0 Å². The van der Waals surface area contributed by atoms with Crippen LogP contribution >= 0.6 is 11.8 Å². The minimum Gasteiger partial charge on any atom is -0.206 e. The maximum Gasteiger partial charge on any atom is 0.255 e. The Morgan fingerprint density at radius 1 is 1.50 bits per heavy atom. The third-order valence-corrected chi connectivity index (χ3v) is 3.21. The summed E-state index contributed by atoms with van der Waals surface area (Å²) in [6.45, 7) is 0. The van der Waals surface area contributed by atoms with E-state index in [-0.39, 0.29) is 0 Å². The Morgan fingerprint density at radius 3 is 2.64 bits per heavy atom. The fourth-order valence-corrected chi connectivity index (χ4v) is 1.88. The van der Waals surface area contributed by atoms with E-state index in [0.717, 1.165) is 12.1 Å². The summed E-state index contributed by atoms with van der Waals surface area (Å²) in [7, 11) is -4.01. The number of nitriles is 1. The Bertz CT molecular complexity index is 495. The minimum atomic E-state index is -4.01. The molecule has 4 nitrogen and oxygen atoms in total. The van der Waals surface area contributed by atoms with E-state index < -0.39 is 26.3 Å². The molecule has 0 saturated carbocycles. The molecule has 0 saturated heterocycles. The molecule has 0 heterocycles. The molecule has 0 radical (unpaired) electrons. The molecule has 0 amide bonds. The summed E-state index contributed by atoms with van der Waals surface area (Å²) in [4.78, 5) is -0.477. The van der Waals surface area contributed by atoms with Crippen LogP contribution in [0.15, 0.2) is 23.1 Å². The van der Waals surface area contributed by atoms with Gasteiger partial charge in [-0.15, -0.1) is 4.24 Å². The van der Waals surface area contributed by atoms with Crippen molar-refractivity contribution < 1.29 is 12.8 Å². The van der Waals surface area contributed by atoms with E-state index in [2.05, 4.69) is 0 Å². The summed E-state index contributed by atoms with van der Waals surface area (Å²) >= 11 is 4.94. The Morgan fingerprint density at radius 2 is 2.14 bits per heavy atom. The van der Waals surface area contributed by atoms with Crippen LogP contribution in [0.4, 0.5) is 4.39 Å². The lowest BCUT2D eigenvalue weighted by Gasteiger charge is -2.02. The molecule has 0 bridgehead atoms. The van der Waals surface area contributed by atoms with Crippen LogP contribution in [-0.2, 0) is 10.0 Å². The van der Waals surface area contributed by atoms with Crippen molar-refractivity contribution in [2.75, 3.05) is 0 Å². The summed E-state index contributed by atoms with van der Waals surface area (Å²) in [6.07, 6.45) is 0. The molecule has 0 aliphatic heterocycles. The minimum absolute atomic E-state index is 0.477. The van der Waals surface area contributed by atoms with Gasteiger partial charge in [0.15, 0.2) is 0 Å². The predicted octanol–water partition coefficient (Wildman–Crippen LogP) is 1.13. The molecule has 0 unspecified atom stereocenters. The van der Waals surface area contributed by atoms with E-state index in [0.29, 0.717) is 0 Å². The number of hydrogen-bond donors (Lipinski definition) is 1. The monoisotopic (exact) mass is 234 g/mol. The molecule has 7 heteroatoms. The third-order valence-electron chi connectivity index (χ3n) is 1.48. The highest BCUT2D eigenvalue weighted by atomic mass is 35.5. The van der Waals surface area contributed by atoms with E-state index in [1.807, 2.05) is 0 Å². The number of nitrogens with zero attached hydrogens (tertiary/aromatic N) is 1. The molecule has 14 heavy (non-hydrogen) atoms. The van der Waals surface area contributed by atoms with Crippen LogP contribution in [0.25, 0.3) is 0 Å². The molecule has 0 aromatic heterocycles. The summed E-state index contributed by atoms with van der Waals surface area (Å²) in [5.74, 6) is -0.902. The van der Waals surface area contributed by atoms with Crippen molar-refractivity contribution >= 4 is 21.8 Å². The first-order valence-corrected chi connectivity index (χ1v) is 5.20. The van der Waals surface area contributed by atoms with Crippen molar-refractivity contribution in [1.82, 2.24) is 4.24 Å². The zero-order valence-corrected chi connectivity index (χ0v) is 8.23. The fraction of sp³-hybridized carbons (Fsp3) is 0. The van der Waals surface area contributed by atoms with Crippen molar-refractivity contribution in [2.24, 2.45) is 0 Å². The predicted molar refractivity (Wildman–Crippen MR) is 47.3 cm³/mol. The first-order chi connectivity index (χ1) is 6.53. The van der Waals surface area contributed by atoms with Crippen molar-refractivity contribution in [3.8, 4) is 6.07 Å². The average molecular weight is 235 g/mol. The van der Waals surface area contributed by atoms with Crippen LogP contribution in [0.3, 0.4) is 0 Å². The van der Waals surface area contributed by atoms with Crippen molar-refractivity contribution in [3.05, 3.63) is 29.6 Å².